The zero-order chi connectivity index (χ0) is 7.33. The van der Waals surface area contributed by atoms with Crippen LogP contribution in [0.25, 0.3) is 0 Å². The van der Waals surface area contributed by atoms with Crippen LogP contribution in [0.2, 0.25) is 0 Å². The molecule has 0 rings (SSSR count). The molecule has 0 fully saturated rings. The molecule has 0 aliphatic heterocycles. The first-order chi connectivity index (χ1) is 4.06. The lowest BCUT2D eigenvalue weighted by Gasteiger charge is -2.22. The minimum atomic E-state index is -0.217. The molecule has 0 atom stereocenters. The van der Waals surface area contributed by atoms with Crippen LogP contribution in [-0.2, 0) is 9.09 Å². The third kappa shape index (κ3) is 11.2. The van der Waals surface area contributed by atoms with E-state index in [4.69, 9.17) is 0 Å². The van der Waals surface area contributed by atoms with E-state index in [2.05, 4.69) is 25.7 Å². The standard InChI is InChI=1S/C5H13NO2P.ClH/c1-6(2,3)4-5-8-9-7;/h4-5H2,1-3H3;1H/q+1;/p-1. The fraction of sp³-hybridized carbons (Fsp3) is 1.00. The second-order valence-electron chi connectivity index (χ2n) is 2.92. The van der Waals surface area contributed by atoms with E-state index in [9.17, 15) is 4.57 Å². The molecule has 0 bridgehead atoms. The van der Waals surface area contributed by atoms with Gasteiger partial charge in [0.1, 0.15) is 13.2 Å². The molecular weight excluding hydrogens is 172 g/mol. The summed E-state index contributed by atoms with van der Waals surface area (Å²) >= 11 is 0. The second kappa shape index (κ2) is 6.05. The van der Waals surface area contributed by atoms with Gasteiger partial charge in [0.15, 0.2) is 0 Å². The van der Waals surface area contributed by atoms with E-state index >= 15 is 0 Å². The highest BCUT2D eigenvalue weighted by Gasteiger charge is 2.04. The number of nitrogens with zero attached hydrogens (tertiary/aromatic N) is 1. The smallest absolute Gasteiger partial charge is 0.327 e. The van der Waals surface area contributed by atoms with Gasteiger partial charge in [-0.2, -0.15) is 0 Å². The van der Waals surface area contributed by atoms with Gasteiger partial charge in [-0.3, -0.25) is 4.52 Å². The predicted octanol–water partition coefficient (Wildman–Crippen LogP) is -2.08. The molecule has 0 aliphatic carbocycles. The lowest BCUT2D eigenvalue weighted by atomic mass is 10.5. The molecule has 0 heterocycles. The zero-order valence-corrected chi connectivity index (χ0v) is 8.15. The van der Waals surface area contributed by atoms with Crippen molar-refractivity contribution < 1.29 is 26.0 Å². The minimum Gasteiger partial charge on any atom is -1.00 e. The van der Waals surface area contributed by atoms with Crippen molar-refractivity contribution in [1.82, 2.24) is 0 Å². The Bertz CT molecular complexity index is 94.1. The molecule has 62 valence electrons. The van der Waals surface area contributed by atoms with Crippen LogP contribution >= 0.6 is 8.69 Å². The van der Waals surface area contributed by atoms with Crippen LogP contribution in [0.15, 0.2) is 0 Å². The van der Waals surface area contributed by atoms with E-state index in [0.29, 0.717) is 6.61 Å². The largest absolute Gasteiger partial charge is 1.00 e. The highest BCUT2D eigenvalue weighted by molar-refractivity contribution is 7.17. The van der Waals surface area contributed by atoms with Crippen LogP contribution in [0.4, 0.5) is 0 Å². The van der Waals surface area contributed by atoms with Crippen LogP contribution in [0.1, 0.15) is 0 Å². The molecule has 3 nitrogen and oxygen atoms in total. The summed E-state index contributed by atoms with van der Waals surface area (Å²) in [5.74, 6) is 0. The topological polar surface area (TPSA) is 26.3 Å². The van der Waals surface area contributed by atoms with Crippen LogP contribution in [0.5, 0.6) is 0 Å². The fourth-order valence-corrected chi connectivity index (χ4v) is 0.508. The van der Waals surface area contributed by atoms with Gasteiger partial charge in [-0.25, -0.2) is 4.57 Å². The van der Waals surface area contributed by atoms with E-state index in [-0.39, 0.29) is 21.1 Å². The van der Waals surface area contributed by atoms with Gasteiger partial charge in [0.05, 0.1) is 21.1 Å². The quantitative estimate of drug-likeness (QED) is 0.286. The van der Waals surface area contributed by atoms with Crippen molar-refractivity contribution in [3.8, 4) is 0 Å². The van der Waals surface area contributed by atoms with Crippen molar-refractivity contribution in [3.05, 3.63) is 0 Å². The summed E-state index contributed by atoms with van der Waals surface area (Å²) in [5, 5.41) is 0. The Morgan fingerprint density at radius 2 is 1.90 bits per heavy atom. The van der Waals surface area contributed by atoms with E-state index in [1.54, 1.807) is 0 Å². The monoisotopic (exact) mass is 185 g/mol. The first-order valence-electron chi connectivity index (χ1n) is 2.81. The van der Waals surface area contributed by atoms with E-state index in [1.807, 2.05) is 0 Å². The number of rotatable bonds is 4. The van der Waals surface area contributed by atoms with E-state index in [1.165, 1.54) is 0 Å². The number of halogens is 1. The van der Waals surface area contributed by atoms with Crippen LogP contribution in [0, 0.1) is 0 Å². The Hall–Kier alpha value is 0.310. The van der Waals surface area contributed by atoms with E-state index in [0.717, 1.165) is 11.0 Å². The van der Waals surface area contributed by atoms with E-state index < -0.39 is 0 Å². The minimum absolute atomic E-state index is 0. The van der Waals surface area contributed by atoms with Crippen molar-refractivity contribution in [3.63, 3.8) is 0 Å². The Labute approximate surface area is 69.6 Å². The van der Waals surface area contributed by atoms with Crippen molar-refractivity contribution in [2.45, 2.75) is 0 Å². The first kappa shape index (κ1) is 12.9. The van der Waals surface area contributed by atoms with Gasteiger partial charge in [0, 0.05) is 0 Å². The van der Waals surface area contributed by atoms with Crippen LogP contribution in [0.3, 0.4) is 0 Å². The zero-order valence-electron chi connectivity index (χ0n) is 6.50. The van der Waals surface area contributed by atoms with Gasteiger partial charge in [0.25, 0.3) is 0 Å². The maximum Gasteiger partial charge on any atom is 0.327 e. The molecule has 0 saturated heterocycles. The summed E-state index contributed by atoms with van der Waals surface area (Å²) in [4.78, 5) is 0. The fourth-order valence-electron chi connectivity index (χ4n) is 0.352. The maximum absolute atomic E-state index is 9.76. The highest BCUT2D eigenvalue weighted by Crippen LogP contribution is 1.96. The average molecular weight is 186 g/mol. The van der Waals surface area contributed by atoms with Gasteiger partial charge < -0.3 is 16.9 Å². The van der Waals surface area contributed by atoms with Gasteiger partial charge >= 0.3 is 8.69 Å². The van der Waals surface area contributed by atoms with Crippen molar-refractivity contribution >= 4 is 8.69 Å². The van der Waals surface area contributed by atoms with Crippen molar-refractivity contribution in [1.29, 1.82) is 0 Å². The number of hydrogen-bond acceptors (Lipinski definition) is 2. The van der Waals surface area contributed by atoms with Gasteiger partial charge in [-0.1, -0.05) is 0 Å². The molecule has 0 radical (unpaired) electrons. The Kier molecular flexibility index (Phi) is 7.83. The molecule has 0 aromatic heterocycles. The van der Waals surface area contributed by atoms with Gasteiger partial charge in [0.2, 0.25) is 0 Å². The average Bonchev–Trinajstić information content (AvgIpc) is 1.63. The Balaban J connectivity index is 0. The van der Waals surface area contributed by atoms with Crippen molar-refractivity contribution in [2.24, 2.45) is 0 Å². The summed E-state index contributed by atoms with van der Waals surface area (Å²) in [6.07, 6.45) is 0. The SMILES string of the molecule is C[N+](C)(C)CCOP=O.[Cl-]. The molecule has 0 saturated carbocycles. The highest BCUT2D eigenvalue weighted by atomic mass is 35.5. The normalized spacial score (nSPS) is 11.1. The molecule has 0 aromatic rings. The molecular formula is C5H13ClNO2P. The summed E-state index contributed by atoms with van der Waals surface area (Å²) in [7, 11) is 5.96. The number of hydrogen-bond donors (Lipinski definition) is 0. The molecule has 0 unspecified atom stereocenters. The lowest BCUT2D eigenvalue weighted by Crippen LogP contribution is -3.00. The molecule has 0 aliphatic rings. The maximum atomic E-state index is 9.76. The van der Waals surface area contributed by atoms with Gasteiger partial charge in [-0.05, 0) is 0 Å². The molecule has 0 spiro atoms. The Morgan fingerprint density at radius 1 is 1.40 bits per heavy atom. The Morgan fingerprint density at radius 3 is 2.20 bits per heavy atom. The third-order valence-electron chi connectivity index (χ3n) is 0.906. The molecule has 5 heteroatoms. The summed E-state index contributed by atoms with van der Waals surface area (Å²) in [6, 6.07) is 0. The predicted molar refractivity (Wildman–Crippen MR) is 36.5 cm³/mol. The summed E-state index contributed by atoms with van der Waals surface area (Å²) < 4.78 is 15.2. The van der Waals surface area contributed by atoms with Gasteiger partial charge in [-0.15, -0.1) is 0 Å². The third-order valence-corrected chi connectivity index (χ3v) is 1.19. The molecule has 10 heavy (non-hydrogen) atoms. The summed E-state index contributed by atoms with van der Waals surface area (Å²) in [5.41, 5.74) is 0. The van der Waals surface area contributed by atoms with Crippen LogP contribution < -0.4 is 12.4 Å². The second-order valence-corrected chi connectivity index (χ2v) is 3.33. The molecule has 0 N–H and O–H groups in total. The molecule has 0 amide bonds. The summed E-state index contributed by atoms with van der Waals surface area (Å²) in [6.45, 7) is 1.43. The van der Waals surface area contributed by atoms with Crippen molar-refractivity contribution in [2.75, 3.05) is 34.3 Å². The number of likely N-dealkylation sites (N-methyl/N-ethyl adjacent to an activating group) is 1. The lowest BCUT2D eigenvalue weighted by molar-refractivity contribution is -0.870. The first-order valence-corrected chi connectivity index (χ1v) is 3.54. The molecule has 0 aromatic carbocycles. The van der Waals surface area contributed by atoms with Crippen LogP contribution in [-0.4, -0.2) is 38.8 Å². The number of quaternary nitrogens is 1.